The van der Waals surface area contributed by atoms with Gasteiger partial charge in [0, 0.05) is 18.4 Å². The van der Waals surface area contributed by atoms with E-state index in [4.69, 9.17) is 0 Å². The van der Waals surface area contributed by atoms with Gasteiger partial charge in [0.2, 0.25) is 5.91 Å². The summed E-state index contributed by atoms with van der Waals surface area (Å²) >= 11 is 1.33. The van der Waals surface area contributed by atoms with Crippen LogP contribution >= 0.6 is 11.8 Å². The number of thioether (sulfide) groups is 1. The number of aromatic nitrogens is 2. The molecule has 0 bridgehead atoms. The zero-order chi connectivity index (χ0) is 15.5. The molecule has 0 radical (unpaired) electrons. The van der Waals surface area contributed by atoms with Crippen molar-refractivity contribution in [2.75, 3.05) is 12.8 Å². The van der Waals surface area contributed by atoms with Gasteiger partial charge in [-0.15, -0.1) is 0 Å². The Hall–Kier alpha value is -2.15. The minimum Gasteiger partial charge on any atom is -0.341 e. The van der Waals surface area contributed by atoms with E-state index in [9.17, 15) is 9.59 Å². The molecule has 1 aliphatic carbocycles. The smallest absolute Gasteiger partial charge is 0.321 e. The number of urea groups is 1. The molecule has 0 aliphatic heterocycles. The molecule has 0 unspecified atom stereocenters. The molecule has 1 aliphatic rings. The molecule has 114 valence electrons. The van der Waals surface area contributed by atoms with Crippen molar-refractivity contribution in [2.45, 2.75) is 23.8 Å². The second-order valence-electron chi connectivity index (χ2n) is 5.09. The van der Waals surface area contributed by atoms with E-state index in [0.717, 1.165) is 34.6 Å². The van der Waals surface area contributed by atoms with Gasteiger partial charge in [-0.25, -0.2) is 14.8 Å². The van der Waals surface area contributed by atoms with Crippen LogP contribution in [0.3, 0.4) is 0 Å². The Morgan fingerprint density at radius 2 is 2.05 bits per heavy atom. The van der Waals surface area contributed by atoms with E-state index in [2.05, 4.69) is 20.6 Å². The lowest BCUT2D eigenvalue weighted by atomic mass is 10.2. The molecule has 3 rings (SSSR count). The van der Waals surface area contributed by atoms with Gasteiger partial charge in [0.15, 0.2) is 0 Å². The number of fused-ring (bicyclic) bond motifs is 1. The van der Waals surface area contributed by atoms with Crippen molar-refractivity contribution in [3.63, 3.8) is 0 Å². The van der Waals surface area contributed by atoms with Crippen molar-refractivity contribution in [1.29, 1.82) is 0 Å². The average molecular weight is 316 g/mol. The van der Waals surface area contributed by atoms with Crippen LogP contribution in [0.25, 0.3) is 10.9 Å². The summed E-state index contributed by atoms with van der Waals surface area (Å²) in [5.41, 5.74) is 0.897. The molecule has 3 amide bonds. The van der Waals surface area contributed by atoms with Crippen molar-refractivity contribution in [2.24, 2.45) is 0 Å². The first-order chi connectivity index (χ1) is 10.7. The van der Waals surface area contributed by atoms with Gasteiger partial charge in [-0.3, -0.25) is 10.1 Å². The highest BCUT2D eigenvalue weighted by atomic mass is 32.2. The number of para-hydroxylation sites is 1. The van der Waals surface area contributed by atoms with Crippen LogP contribution in [0.4, 0.5) is 4.79 Å². The summed E-state index contributed by atoms with van der Waals surface area (Å²) in [6.07, 6.45) is 2.25. The van der Waals surface area contributed by atoms with E-state index >= 15 is 0 Å². The summed E-state index contributed by atoms with van der Waals surface area (Å²) in [5.74, 6) is 1.09. The number of hydrogen-bond donors (Lipinski definition) is 2. The number of rotatable bonds is 4. The Balaban J connectivity index is 1.80. The lowest BCUT2D eigenvalue weighted by molar-refractivity contribution is -0.117. The van der Waals surface area contributed by atoms with E-state index in [1.54, 1.807) is 0 Å². The third-order valence-electron chi connectivity index (χ3n) is 3.35. The lowest BCUT2D eigenvalue weighted by Crippen LogP contribution is -2.38. The van der Waals surface area contributed by atoms with Crippen molar-refractivity contribution in [3.05, 3.63) is 30.1 Å². The molecule has 2 N–H and O–H groups in total. The Bertz CT molecular complexity index is 731. The van der Waals surface area contributed by atoms with E-state index in [1.165, 1.54) is 18.8 Å². The molecule has 7 heteroatoms. The first kappa shape index (κ1) is 14.8. The molecule has 22 heavy (non-hydrogen) atoms. The standard InChI is InChI=1S/C15H16N4O2S/c1-16-15(21)18-12(20)8-22-14-10-4-2-3-5-11(10)17-13(19-14)9-6-7-9/h2-5,9H,6-8H2,1H3,(H2,16,18,20,21). The topological polar surface area (TPSA) is 84.0 Å². The summed E-state index contributed by atoms with van der Waals surface area (Å²) < 4.78 is 0. The second-order valence-corrected chi connectivity index (χ2v) is 6.06. The number of benzene rings is 1. The third kappa shape index (κ3) is 3.36. The van der Waals surface area contributed by atoms with Crippen LogP contribution in [0, 0.1) is 0 Å². The maximum Gasteiger partial charge on any atom is 0.321 e. The van der Waals surface area contributed by atoms with E-state index < -0.39 is 6.03 Å². The van der Waals surface area contributed by atoms with Crippen LogP contribution in [0.2, 0.25) is 0 Å². The molecule has 0 saturated heterocycles. The first-order valence-electron chi connectivity index (χ1n) is 7.08. The van der Waals surface area contributed by atoms with Gasteiger partial charge in [-0.05, 0) is 18.9 Å². The van der Waals surface area contributed by atoms with Crippen LogP contribution in [0.1, 0.15) is 24.6 Å². The Morgan fingerprint density at radius 3 is 2.77 bits per heavy atom. The molecule has 0 spiro atoms. The summed E-state index contributed by atoms with van der Waals surface area (Å²) in [6, 6.07) is 7.27. The van der Waals surface area contributed by atoms with Gasteiger partial charge in [0.25, 0.3) is 0 Å². The summed E-state index contributed by atoms with van der Waals surface area (Å²) in [4.78, 5) is 32.0. The molecule has 1 fully saturated rings. The number of carbonyl (C=O) groups is 2. The van der Waals surface area contributed by atoms with Gasteiger partial charge in [-0.2, -0.15) is 0 Å². The predicted octanol–water partition coefficient (Wildman–Crippen LogP) is 2.05. The zero-order valence-corrected chi connectivity index (χ0v) is 12.9. The molecule has 1 aromatic carbocycles. The number of nitrogens with zero attached hydrogens (tertiary/aromatic N) is 2. The zero-order valence-electron chi connectivity index (χ0n) is 12.1. The summed E-state index contributed by atoms with van der Waals surface area (Å²) in [6.45, 7) is 0. The minimum absolute atomic E-state index is 0.137. The molecular weight excluding hydrogens is 300 g/mol. The monoisotopic (exact) mass is 316 g/mol. The fourth-order valence-electron chi connectivity index (χ4n) is 2.06. The van der Waals surface area contributed by atoms with Crippen molar-refractivity contribution in [1.82, 2.24) is 20.6 Å². The van der Waals surface area contributed by atoms with E-state index in [-0.39, 0.29) is 11.7 Å². The number of hydrogen-bond acceptors (Lipinski definition) is 5. The fourth-order valence-corrected chi connectivity index (χ4v) is 2.88. The first-order valence-corrected chi connectivity index (χ1v) is 8.07. The van der Waals surface area contributed by atoms with E-state index in [0.29, 0.717) is 5.92 Å². The summed E-state index contributed by atoms with van der Waals surface area (Å²) in [7, 11) is 1.47. The van der Waals surface area contributed by atoms with Crippen molar-refractivity contribution >= 4 is 34.6 Å². The summed E-state index contributed by atoms with van der Waals surface area (Å²) in [5, 5.41) is 6.32. The number of amides is 3. The second kappa shape index (κ2) is 6.31. The number of imide groups is 1. The predicted molar refractivity (Wildman–Crippen MR) is 84.8 cm³/mol. The largest absolute Gasteiger partial charge is 0.341 e. The maximum absolute atomic E-state index is 11.7. The molecule has 0 atom stereocenters. The highest BCUT2D eigenvalue weighted by Gasteiger charge is 2.27. The highest BCUT2D eigenvalue weighted by molar-refractivity contribution is 8.00. The van der Waals surface area contributed by atoms with Gasteiger partial charge in [0.1, 0.15) is 10.9 Å². The number of nitrogens with one attached hydrogen (secondary N) is 2. The van der Waals surface area contributed by atoms with Gasteiger partial charge >= 0.3 is 6.03 Å². The minimum atomic E-state index is -0.503. The Kier molecular flexibility index (Phi) is 4.24. The molecule has 6 nitrogen and oxygen atoms in total. The fraction of sp³-hybridized carbons (Fsp3) is 0.333. The Labute approximate surface area is 132 Å². The van der Waals surface area contributed by atoms with Crippen molar-refractivity contribution < 1.29 is 9.59 Å². The molecule has 2 aromatic rings. The van der Waals surface area contributed by atoms with Gasteiger partial charge < -0.3 is 5.32 Å². The SMILES string of the molecule is CNC(=O)NC(=O)CSc1nc(C2CC2)nc2ccccc12. The molecule has 1 heterocycles. The molecule has 1 saturated carbocycles. The maximum atomic E-state index is 11.7. The normalized spacial score (nSPS) is 13.9. The van der Waals surface area contributed by atoms with Crippen LogP contribution in [0.15, 0.2) is 29.3 Å². The molecular formula is C15H16N4O2S. The lowest BCUT2D eigenvalue weighted by Gasteiger charge is -2.08. The van der Waals surface area contributed by atoms with Crippen molar-refractivity contribution in [3.8, 4) is 0 Å². The quantitative estimate of drug-likeness (QED) is 0.666. The van der Waals surface area contributed by atoms with Crippen LogP contribution in [-0.4, -0.2) is 34.7 Å². The van der Waals surface area contributed by atoms with Gasteiger partial charge in [-0.1, -0.05) is 30.0 Å². The van der Waals surface area contributed by atoms with Crippen LogP contribution < -0.4 is 10.6 Å². The van der Waals surface area contributed by atoms with Crippen LogP contribution in [0.5, 0.6) is 0 Å². The average Bonchev–Trinajstić information content (AvgIpc) is 3.37. The van der Waals surface area contributed by atoms with Crippen LogP contribution in [-0.2, 0) is 4.79 Å². The highest BCUT2D eigenvalue weighted by Crippen LogP contribution is 2.39. The number of carbonyl (C=O) groups excluding carboxylic acids is 2. The van der Waals surface area contributed by atoms with Gasteiger partial charge in [0.05, 0.1) is 11.3 Å². The molecule has 1 aromatic heterocycles. The third-order valence-corrected chi connectivity index (χ3v) is 4.34. The van der Waals surface area contributed by atoms with E-state index in [1.807, 2.05) is 24.3 Å². The Morgan fingerprint density at radius 1 is 1.27 bits per heavy atom.